The van der Waals surface area contributed by atoms with Crippen molar-refractivity contribution >= 4 is 35.5 Å². The Labute approximate surface area is 101 Å². The lowest BCUT2D eigenvalue weighted by Crippen LogP contribution is -2.10. The van der Waals surface area contributed by atoms with Crippen LogP contribution in [0, 0.1) is 0 Å². The molecule has 3 N–H and O–H groups in total. The van der Waals surface area contributed by atoms with Gasteiger partial charge in [0.2, 0.25) is 0 Å². The normalized spacial score (nSPS) is 10.5. The van der Waals surface area contributed by atoms with Crippen LogP contribution >= 0.6 is 24.0 Å². The fourth-order valence-corrected chi connectivity index (χ4v) is 0.902. The molecule has 0 aromatic carbocycles. The summed E-state index contributed by atoms with van der Waals surface area (Å²) >= 11 is 0. The molecule has 0 bridgehead atoms. The summed E-state index contributed by atoms with van der Waals surface area (Å²) in [5, 5.41) is 3.20. The van der Waals surface area contributed by atoms with Crippen LogP contribution in [0.1, 0.15) is 6.92 Å². The summed E-state index contributed by atoms with van der Waals surface area (Å²) in [4.78, 5) is 7.97. The van der Waals surface area contributed by atoms with Gasteiger partial charge in [-0.2, -0.15) is 0 Å². The van der Waals surface area contributed by atoms with E-state index in [0.29, 0.717) is 12.4 Å². The van der Waals surface area contributed by atoms with Crippen molar-refractivity contribution in [2.24, 2.45) is 10.7 Å². The molecule has 0 atom stereocenters. The summed E-state index contributed by atoms with van der Waals surface area (Å²) in [6, 6.07) is 3.83. The van der Waals surface area contributed by atoms with Crippen molar-refractivity contribution in [3.8, 4) is 0 Å². The second kappa shape index (κ2) is 7.54. The molecule has 1 aromatic rings. The van der Waals surface area contributed by atoms with Crippen LogP contribution in [0.5, 0.6) is 0 Å². The van der Waals surface area contributed by atoms with E-state index in [9.17, 15) is 0 Å². The molecule has 5 heteroatoms. The third-order valence-electron chi connectivity index (χ3n) is 1.48. The zero-order chi connectivity index (χ0) is 9.52. The number of hydrogen-bond donors (Lipinski definition) is 2. The minimum atomic E-state index is 0. The Kier molecular flexibility index (Phi) is 7.09. The lowest BCUT2D eigenvalue weighted by Gasteiger charge is -2.02. The Morgan fingerprint density at radius 1 is 1.50 bits per heavy atom. The Morgan fingerprint density at radius 3 is 2.71 bits per heavy atom. The summed E-state index contributed by atoms with van der Waals surface area (Å²) in [6.07, 6.45) is 3.50. The summed E-state index contributed by atoms with van der Waals surface area (Å²) in [6.45, 7) is 3.27. The molecule has 0 aliphatic carbocycles. The number of nitrogens with one attached hydrogen (secondary N) is 1. The predicted molar refractivity (Wildman–Crippen MR) is 70.3 cm³/mol. The molecule has 4 nitrogen and oxygen atoms in total. The Morgan fingerprint density at radius 2 is 2.14 bits per heavy atom. The first-order valence-electron chi connectivity index (χ1n) is 4.19. The molecule has 1 heterocycles. The second-order valence-corrected chi connectivity index (χ2v) is 2.69. The van der Waals surface area contributed by atoms with Crippen LogP contribution in [-0.2, 0) is 0 Å². The predicted octanol–water partition coefficient (Wildman–Crippen LogP) is 1.49. The van der Waals surface area contributed by atoms with Gasteiger partial charge < -0.3 is 11.1 Å². The molecule has 0 unspecified atom stereocenters. The number of nitrogens with zero attached hydrogens (tertiary/aromatic N) is 2. The smallest absolute Gasteiger partial charge is 0.0906 e. The van der Waals surface area contributed by atoms with Gasteiger partial charge in [-0.05, 0) is 19.1 Å². The molecule has 1 rings (SSSR count). The monoisotopic (exact) mass is 306 g/mol. The van der Waals surface area contributed by atoms with E-state index >= 15 is 0 Å². The molecule has 0 aliphatic rings. The van der Waals surface area contributed by atoms with Gasteiger partial charge >= 0.3 is 0 Å². The van der Waals surface area contributed by atoms with Gasteiger partial charge in [0.15, 0.2) is 0 Å². The lowest BCUT2D eigenvalue weighted by molar-refractivity contribution is 1.02. The van der Waals surface area contributed by atoms with Gasteiger partial charge in [0.25, 0.3) is 0 Å². The third kappa shape index (κ3) is 5.74. The van der Waals surface area contributed by atoms with E-state index in [1.165, 1.54) is 0 Å². The van der Waals surface area contributed by atoms with Gasteiger partial charge in [0.05, 0.1) is 12.4 Å². The molecule has 0 amide bonds. The molecule has 78 valence electrons. The third-order valence-corrected chi connectivity index (χ3v) is 1.48. The fraction of sp³-hybridized carbons (Fsp3) is 0.333. The van der Waals surface area contributed by atoms with Gasteiger partial charge in [-0.25, -0.2) is 0 Å². The maximum absolute atomic E-state index is 5.38. The van der Waals surface area contributed by atoms with E-state index in [-0.39, 0.29) is 24.0 Å². The number of amidine groups is 1. The molecule has 14 heavy (non-hydrogen) atoms. The van der Waals surface area contributed by atoms with Crippen molar-refractivity contribution in [3.05, 3.63) is 24.5 Å². The van der Waals surface area contributed by atoms with Crippen molar-refractivity contribution < 1.29 is 0 Å². The summed E-state index contributed by atoms with van der Waals surface area (Å²) in [5.41, 5.74) is 6.44. The van der Waals surface area contributed by atoms with E-state index < -0.39 is 0 Å². The lowest BCUT2D eigenvalue weighted by atomic mass is 10.4. The molecule has 0 saturated heterocycles. The fourth-order valence-electron chi connectivity index (χ4n) is 0.902. The number of aliphatic imine (C=N–C) groups is 1. The molecule has 0 saturated carbocycles. The number of anilines is 1. The highest BCUT2D eigenvalue weighted by Gasteiger charge is 1.87. The first-order chi connectivity index (χ1) is 6.29. The van der Waals surface area contributed by atoms with Crippen molar-refractivity contribution in [2.75, 3.05) is 18.4 Å². The van der Waals surface area contributed by atoms with Crippen LogP contribution < -0.4 is 11.1 Å². The summed E-state index contributed by atoms with van der Waals surface area (Å²) in [7, 11) is 0. The maximum atomic E-state index is 5.38. The highest BCUT2D eigenvalue weighted by atomic mass is 127. The topological polar surface area (TPSA) is 63.3 Å². The number of pyridine rings is 1. The highest BCUT2D eigenvalue weighted by Crippen LogP contribution is 2.01. The van der Waals surface area contributed by atoms with Gasteiger partial charge in [-0.3, -0.25) is 9.98 Å². The quantitative estimate of drug-likeness (QED) is 0.383. The van der Waals surface area contributed by atoms with Crippen LogP contribution in [0.25, 0.3) is 0 Å². The van der Waals surface area contributed by atoms with Crippen molar-refractivity contribution in [1.29, 1.82) is 0 Å². The zero-order valence-corrected chi connectivity index (χ0v) is 10.4. The first kappa shape index (κ1) is 13.2. The minimum absolute atomic E-state index is 0. The van der Waals surface area contributed by atoms with Crippen LogP contribution in [-0.4, -0.2) is 23.9 Å². The second-order valence-electron chi connectivity index (χ2n) is 2.69. The van der Waals surface area contributed by atoms with Crippen molar-refractivity contribution in [2.45, 2.75) is 6.92 Å². The van der Waals surface area contributed by atoms with Crippen LogP contribution in [0.4, 0.5) is 5.69 Å². The van der Waals surface area contributed by atoms with Crippen molar-refractivity contribution in [3.63, 3.8) is 0 Å². The maximum Gasteiger partial charge on any atom is 0.0906 e. The van der Waals surface area contributed by atoms with Crippen LogP contribution in [0.2, 0.25) is 0 Å². The Hall–Kier alpha value is -0.850. The molecule has 0 fully saturated rings. The molecule has 0 aliphatic heterocycles. The zero-order valence-electron chi connectivity index (χ0n) is 8.10. The van der Waals surface area contributed by atoms with Crippen LogP contribution in [0.3, 0.4) is 0 Å². The number of nitrogens with two attached hydrogens (primary N) is 1. The van der Waals surface area contributed by atoms with Crippen molar-refractivity contribution in [1.82, 2.24) is 4.98 Å². The van der Waals surface area contributed by atoms with Crippen LogP contribution in [0.15, 0.2) is 29.5 Å². The molecule has 0 spiro atoms. The minimum Gasteiger partial charge on any atom is -0.388 e. The average molecular weight is 306 g/mol. The van der Waals surface area contributed by atoms with E-state index in [0.717, 1.165) is 12.2 Å². The SMILES string of the molecule is CC(N)=NCCNc1ccncc1.I. The number of hydrogen-bond acceptors (Lipinski definition) is 3. The molecular weight excluding hydrogens is 291 g/mol. The molecule has 0 radical (unpaired) electrons. The molecular formula is C9H15IN4. The number of rotatable bonds is 4. The standard InChI is InChI=1S/C9H14N4.HI/c1-8(10)12-6-7-13-9-2-4-11-5-3-9;/h2-5H,6-7H2,1H3,(H2,10,12)(H,11,13);1H. The summed E-state index contributed by atoms with van der Waals surface area (Å²) in [5.74, 6) is 0.622. The summed E-state index contributed by atoms with van der Waals surface area (Å²) < 4.78 is 0. The van der Waals surface area contributed by atoms with Gasteiger partial charge in [0, 0.05) is 24.6 Å². The van der Waals surface area contributed by atoms with Gasteiger partial charge in [0.1, 0.15) is 0 Å². The largest absolute Gasteiger partial charge is 0.388 e. The average Bonchev–Trinajstić information content (AvgIpc) is 2.14. The Balaban J connectivity index is 0.00000169. The van der Waals surface area contributed by atoms with Gasteiger partial charge in [-0.15, -0.1) is 24.0 Å². The number of aromatic nitrogens is 1. The van der Waals surface area contributed by atoms with E-state index in [2.05, 4.69) is 15.3 Å². The molecule has 1 aromatic heterocycles. The first-order valence-corrected chi connectivity index (χ1v) is 4.19. The Bertz CT molecular complexity index is 269. The highest BCUT2D eigenvalue weighted by molar-refractivity contribution is 14.0. The van der Waals surface area contributed by atoms with Gasteiger partial charge in [-0.1, -0.05) is 0 Å². The van der Waals surface area contributed by atoms with E-state index in [4.69, 9.17) is 5.73 Å². The number of halogens is 1. The van der Waals surface area contributed by atoms with E-state index in [1.807, 2.05) is 12.1 Å². The van der Waals surface area contributed by atoms with E-state index in [1.54, 1.807) is 19.3 Å².